The number of likely N-dealkylation sites (N-methyl/N-ethyl adjacent to an activating group) is 1. The predicted octanol–water partition coefficient (Wildman–Crippen LogP) is 2.63. The molecule has 0 aliphatic carbocycles. The van der Waals surface area contributed by atoms with E-state index in [-0.39, 0.29) is 0 Å². The van der Waals surface area contributed by atoms with Gasteiger partial charge in [0.15, 0.2) is 0 Å². The third kappa shape index (κ3) is 4.50. The van der Waals surface area contributed by atoms with E-state index in [1.165, 1.54) is 50.2 Å². The summed E-state index contributed by atoms with van der Waals surface area (Å²) in [6, 6.07) is 10.2. The average molecular weight is 277 g/mol. The Morgan fingerprint density at radius 2 is 1.80 bits per heavy atom. The monoisotopic (exact) mass is 277 g/mol. The minimum absolute atomic E-state index is 0.837. The number of rotatable bonds is 7. The van der Waals surface area contributed by atoms with Gasteiger partial charge in [-0.15, -0.1) is 0 Å². The number of quaternary nitrogens is 1. The first-order valence-corrected chi connectivity index (χ1v) is 7.96. The molecule has 0 radical (unpaired) electrons. The van der Waals surface area contributed by atoms with E-state index in [4.69, 9.17) is 4.74 Å². The molecule has 0 atom stereocenters. The summed E-state index contributed by atoms with van der Waals surface area (Å²) in [6.45, 7) is 10.8. The van der Waals surface area contributed by atoms with Crippen molar-refractivity contribution in [3.05, 3.63) is 30.3 Å². The molecular weight excluding hydrogens is 248 g/mol. The molecule has 2 rings (SSSR count). The van der Waals surface area contributed by atoms with Gasteiger partial charge in [0, 0.05) is 19.5 Å². The molecule has 0 aromatic heterocycles. The number of piperazine rings is 1. The molecule has 112 valence electrons. The lowest BCUT2D eigenvalue weighted by atomic mass is 10.2. The number of benzene rings is 1. The van der Waals surface area contributed by atoms with Crippen molar-refractivity contribution < 1.29 is 9.22 Å². The van der Waals surface area contributed by atoms with E-state index >= 15 is 0 Å². The number of hydrogen-bond acceptors (Lipinski definition) is 2. The van der Waals surface area contributed by atoms with Crippen molar-refractivity contribution in [1.29, 1.82) is 0 Å². The van der Waals surface area contributed by atoms with Crippen molar-refractivity contribution in [3.63, 3.8) is 0 Å². The van der Waals surface area contributed by atoms with E-state index in [1.807, 2.05) is 30.3 Å². The highest BCUT2D eigenvalue weighted by molar-refractivity contribution is 5.20. The number of para-hydroxylation sites is 1. The SMILES string of the molecule is CCC[N+]1(CCCOc2ccccc2)CCN(C)CC1. The van der Waals surface area contributed by atoms with Gasteiger partial charge in [-0.2, -0.15) is 0 Å². The molecule has 1 aliphatic rings. The van der Waals surface area contributed by atoms with Gasteiger partial charge >= 0.3 is 0 Å². The van der Waals surface area contributed by atoms with Crippen molar-refractivity contribution in [1.82, 2.24) is 4.90 Å². The Bertz CT molecular complexity index is 372. The second-order valence-corrected chi connectivity index (χ2v) is 6.05. The summed E-state index contributed by atoms with van der Waals surface area (Å²) in [4.78, 5) is 2.45. The maximum absolute atomic E-state index is 5.82. The molecule has 1 aromatic carbocycles. The molecule has 0 saturated carbocycles. The second-order valence-electron chi connectivity index (χ2n) is 6.05. The van der Waals surface area contributed by atoms with E-state index < -0.39 is 0 Å². The van der Waals surface area contributed by atoms with Crippen LogP contribution in [0, 0.1) is 0 Å². The standard InChI is InChI=1S/C17H29N2O/c1-3-12-19(14-10-18(2)11-15-19)13-7-16-20-17-8-5-4-6-9-17/h4-6,8-9H,3,7,10-16H2,1-2H3/q+1. The fourth-order valence-corrected chi connectivity index (χ4v) is 3.13. The van der Waals surface area contributed by atoms with Crippen molar-refractivity contribution >= 4 is 0 Å². The summed E-state index contributed by atoms with van der Waals surface area (Å²) in [6.07, 6.45) is 2.43. The van der Waals surface area contributed by atoms with Crippen LogP contribution in [0.25, 0.3) is 0 Å². The van der Waals surface area contributed by atoms with Gasteiger partial charge < -0.3 is 9.22 Å². The minimum atomic E-state index is 0.837. The van der Waals surface area contributed by atoms with Crippen LogP contribution in [0.5, 0.6) is 5.75 Å². The van der Waals surface area contributed by atoms with Crippen LogP contribution in [0.2, 0.25) is 0 Å². The van der Waals surface area contributed by atoms with Gasteiger partial charge in [0.05, 0.1) is 32.8 Å². The van der Waals surface area contributed by atoms with Gasteiger partial charge in [-0.1, -0.05) is 25.1 Å². The maximum atomic E-state index is 5.82. The molecule has 0 N–H and O–H groups in total. The molecule has 1 saturated heterocycles. The normalized spacial score (nSPS) is 18.9. The van der Waals surface area contributed by atoms with Crippen molar-refractivity contribution in [2.75, 3.05) is 52.9 Å². The molecule has 0 amide bonds. The lowest BCUT2D eigenvalue weighted by Crippen LogP contribution is -2.59. The molecule has 1 aromatic rings. The van der Waals surface area contributed by atoms with Crippen LogP contribution in [0.3, 0.4) is 0 Å². The Balaban J connectivity index is 1.75. The quantitative estimate of drug-likeness (QED) is 0.561. The van der Waals surface area contributed by atoms with Gasteiger partial charge in [-0.05, 0) is 25.6 Å². The van der Waals surface area contributed by atoms with Gasteiger partial charge in [0.1, 0.15) is 5.75 Å². The van der Waals surface area contributed by atoms with E-state index in [9.17, 15) is 0 Å². The zero-order valence-corrected chi connectivity index (χ0v) is 13.1. The topological polar surface area (TPSA) is 12.5 Å². The van der Waals surface area contributed by atoms with E-state index in [2.05, 4.69) is 18.9 Å². The van der Waals surface area contributed by atoms with Crippen LogP contribution < -0.4 is 4.74 Å². The molecule has 3 heteroatoms. The molecule has 1 fully saturated rings. The highest BCUT2D eigenvalue weighted by atomic mass is 16.5. The van der Waals surface area contributed by atoms with Crippen LogP contribution in [-0.2, 0) is 0 Å². The third-order valence-corrected chi connectivity index (χ3v) is 4.40. The fourth-order valence-electron chi connectivity index (χ4n) is 3.13. The first-order valence-electron chi connectivity index (χ1n) is 7.96. The predicted molar refractivity (Wildman–Crippen MR) is 84.1 cm³/mol. The summed E-state index contributed by atoms with van der Waals surface area (Å²) in [5.74, 6) is 0.993. The fraction of sp³-hybridized carbons (Fsp3) is 0.647. The molecular formula is C17H29N2O+. The Morgan fingerprint density at radius 3 is 2.45 bits per heavy atom. The zero-order valence-electron chi connectivity index (χ0n) is 13.1. The Kier molecular flexibility index (Phi) is 5.86. The number of nitrogens with zero attached hydrogens (tertiary/aromatic N) is 2. The molecule has 1 heterocycles. The van der Waals surface area contributed by atoms with Crippen LogP contribution in [0.1, 0.15) is 19.8 Å². The van der Waals surface area contributed by atoms with Crippen LogP contribution in [-0.4, -0.2) is 62.3 Å². The van der Waals surface area contributed by atoms with Crippen molar-refractivity contribution in [3.8, 4) is 5.75 Å². The van der Waals surface area contributed by atoms with E-state index in [0.29, 0.717) is 0 Å². The Labute approximate surface area is 123 Å². The number of hydrogen-bond donors (Lipinski definition) is 0. The average Bonchev–Trinajstić information content (AvgIpc) is 2.48. The highest BCUT2D eigenvalue weighted by Gasteiger charge is 2.30. The molecule has 0 bridgehead atoms. The van der Waals surface area contributed by atoms with Gasteiger partial charge in [0.2, 0.25) is 0 Å². The summed E-state index contributed by atoms with van der Waals surface area (Å²) in [7, 11) is 2.23. The first-order chi connectivity index (χ1) is 9.74. The lowest BCUT2D eigenvalue weighted by Gasteiger charge is -2.44. The highest BCUT2D eigenvalue weighted by Crippen LogP contribution is 2.15. The molecule has 0 unspecified atom stereocenters. The second kappa shape index (κ2) is 7.65. The Morgan fingerprint density at radius 1 is 1.10 bits per heavy atom. The maximum Gasteiger partial charge on any atom is 0.119 e. The minimum Gasteiger partial charge on any atom is -0.493 e. The molecule has 0 spiro atoms. The van der Waals surface area contributed by atoms with Gasteiger partial charge in [-0.3, -0.25) is 4.90 Å². The third-order valence-electron chi connectivity index (χ3n) is 4.40. The summed E-state index contributed by atoms with van der Waals surface area (Å²) < 4.78 is 7.11. The Hall–Kier alpha value is -1.06. The first kappa shape index (κ1) is 15.3. The molecule has 1 aliphatic heterocycles. The largest absolute Gasteiger partial charge is 0.493 e. The summed E-state index contributed by atoms with van der Waals surface area (Å²) in [5.41, 5.74) is 0. The van der Waals surface area contributed by atoms with Crippen LogP contribution >= 0.6 is 0 Å². The van der Waals surface area contributed by atoms with E-state index in [0.717, 1.165) is 18.8 Å². The number of ether oxygens (including phenoxy) is 1. The lowest BCUT2D eigenvalue weighted by molar-refractivity contribution is -0.932. The van der Waals surface area contributed by atoms with E-state index in [1.54, 1.807) is 0 Å². The van der Waals surface area contributed by atoms with Gasteiger partial charge in [0.25, 0.3) is 0 Å². The summed E-state index contributed by atoms with van der Waals surface area (Å²) in [5, 5.41) is 0. The molecule has 3 nitrogen and oxygen atoms in total. The van der Waals surface area contributed by atoms with Crippen molar-refractivity contribution in [2.24, 2.45) is 0 Å². The van der Waals surface area contributed by atoms with Gasteiger partial charge in [-0.25, -0.2) is 0 Å². The zero-order chi connectivity index (χ0) is 14.3. The van der Waals surface area contributed by atoms with Crippen molar-refractivity contribution in [2.45, 2.75) is 19.8 Å². The van der Waals surface area contributed by atoms with Crippen LogP contribution in [0.4, 0.5) is 0 Å². The smallest absolute Gasteiger partial charge is 0.119 e. The summed E-state index contributed by atoms with van der Waals surface area (Å²) >= 11 is 0. The molecule has 20 heavy (non-hydrogen) atoms. The van der Waals surface area contributed by atoms with Crippen LogP contribution in [0.15, 0.2) is 30.3 Å².